The summed E-state index contributed by atoms with van der Waals surface area (Å²) in [5, 5.41) is 16.5. The predicted molar refractivity (Wildman–Crippen MR) is 126 cm³/mol. The second-order valence-corrected chi connectivity index (χ2v) is 11.3. The molecule has 16 heteroatoms. The molecular formula is C21H24ClF3N6O5S. The van der Waals surface area contributed by atoms with E-state index in [2.05, 4.69) is 9.82 Å². The fourth-order valence-corrected chi connectivity index (χ4v) is 5.44. The zero-order chi connectivity index (χ0) is 27.1. The van der Waals surface area contributed by atoms with Gasteiger partial charge in [0.05, 0.1) is 11.8 Å². The van der Waals surface area contributed by atoms with Gasteiger partial charge in [0.15, 0.2) is 5.82 Å². The molecule has 0 bridgehead atoms. The molecule has 2 saturated heterocycles. The molecule has 3 heterocycles. The summed E-state index contributed by atoms with van der Waals surface area (Å²) in [5.41, 5.74) is -1.01. The van der Waals surface area contributed by atoms with E-state index >= 15 is 0 Å². The maximum atomic E-state index is 13.5. The van der Waals surface area contributed by atoms with Crippen LogP contribution >= 0.6 is 11.6 Å². The molecule has 2 atom stereocenters. The summed E-state index contributed by atoms with van der Waals surface area (Å²) in [4.78, 5) is 25.9. The normalized spacial score (nSPS) is 20.4. The fourth-order valence-electron chi connectivity index (χ4n) is 4.75. The summed E-state index contributed by atoms with van der Waals surface area (Å²) in [7, 11) is -3.55. The number of anilines is 1. The lowest BCUT2D eigenvalue weighted by molar-refractivity contribution is -0.145. The van der Waals surface area contributed by atoms with Gasteiger partial charge in [-0.1, -0.05) is 11.6 Å². The lowest BCUT2D eigenvalue weighted by atomic mass is 10.0. The van der Waals surface area contributed by atoms with Gasteiger partial charge in [0.25, 0.3) is 0 Å². The van der Waals surface area contributed by atoms with Gasteiger partial charge in [0, 0.05) is 50.0 Å². The Kier molecular flexibility index (Phi) is 7.43. The number of hydrogen-bond donors (Lipinski definition) is 2. The summed E-state index contributed by atoms with van der Waals surface area (Å²) in [6.45, 7) is 0.566. The van der Waals surface area contributed by atoms with Crippen molar-refractivity contribution in [2.24, 2.45) is 11.8 Å². The molecule has 2 aromatic rings. The van der Waals surface area contributed by atoms with Crippen LogP contribution in [0.15, 0.2) is 30.5 Å². The first-order valence-electron chi connectivity index (χ1n) is 11.1. The Bertz CT molecular complexity index is 1290. The third-order valence-electron chi connectivity index (χ3n) is 6.26. The number of nitrogens with one attached hydrogen (secondary N) is 1. The number of likely N-dealkylation sites (tertiary alicyclic amines) is 1. The number of alkyl halides is 3. The van der Waals surface area contributed by atoms with Gasteiger partial charge in [0.1, 0.15) is 6.54 Å². The summed E-state index contributed by atoms with van der Waals surface area (Å²) in [6, 6.07) is 4.12. The number of hydrogen-bond acceptors (Lipinski definition) is 7. The molecule has 0 aliphatic carbocycles. The second kappa shape index (κ2) is 10.1. The molecule has 202 valence electrons. The Morgan fingerprint density at radius 3 is 2.41 bits per heavy atom. The van der Waals surface area contributed by atoms with Crippen molar-refractivity contribution >= 4 is 39.4 Å². The van der Waals surface area contributed by atoms with Crippen molar-refractivity contribution in [3.05, 3.63) is 46.6 Å². The molecule has 2 aliphatic rings. The summed E-state index contributed by atoms with van der Waals surface area (Å²) >= 11 is 5.93. The van der Waals surface area contributed by atoms with Crippen molar-refractivity contribution < 1.29 is 36.3 Å². The van der Waals surface area contributed by atoms with E-state index in [1.165, 1.54) is 23.3 Å². The van der Waals surface area contributed by atoms with Crippen molar-refractivity contribution in [1.82, 2.24) is 24.7 Å². The maximum absolute atomic E-state index is 13.5. The summed E-state index contributed by atoms with van der Waals surface area (Å²) in [6.07, 6.45) is -2.32. The number of nitrogens with zero attached hydrogens (tertiary/aromatic N) is 5. The number of sulfonamides is 1. The van der Waals surface area contributed by atoms with E-state index in [9.17, 15) is 36.3 Å². The number of fused-ring (bicyclic) bond motifs is 1. The van der Waals surface area contributed by atoms with E-state index in [0.717, 1.165) is 23.1 Å². The van der Waals surface area contributed by atoms with Crippen LogP contribution < -0.4 is 4.72 Å². The van der Waals surface area contributed by atoms with Crippen molar-refractivity contribution in [2.75, 3.05) is 43.7 Å². The lowest BCUT2D eigenvalue weighted by Gasteiger charge is -2.32. The number of aliphatic carboxylic acids is 1. The first kappa shape index (κ1) is 27.2. The second-order valence-electron chi connectivity index (χ2n) is 9.11. The zero-order valence-corrected chi connectivity index (χ0v) is 21.1. The van der Waals surface area contributed by atoms with Gasteiger partial charge in [-0.05, 0) is 35.6 Å². The van der Waals surface area contributed by atoms with Crippen molar-refractivity contribution in [1.29, 1.82) is 0 Å². The molecule has 1 aromatic heterocycles. The van der Waals surface area contributed by atoms with Crippen molar-refractivity contribution in [3.8, 4) is 0 Å². The Balaban J connectivity index is 1.44. The molecule has 1 amide bonds. The molecule has 1 aromatic carbocycles. The quantitative estimate of drug-likeness (QED) is 0.524. The van der Waals surface area contributed by atoms with E-state index in [1.54, 1.807) is 9.91 Å². The first-order valence-corrected chi connectivity index (χ1v) is 13.4. The number of halogens is 4. The van der Waals surface area contributed by atoms with Crippen LogP contribution in [0.25, 0.3) is 0 Å². The zero-order valence-electron chi connectivity index (χ0n) is 19.5. The Hall–Kier alpha value is -2.88. The van der Waals surface area contributed by atoms with Gasteiger partial charge in [0.2, 0.25) is 10.0 Å². The Morgan fingerprint density at radius 2 is 1.84 bits per heavy atom. The number of hydrazine groups is 1. The number of carbonyl (C=O) groups is 2. The fraction of sp³-hybridized carbons (Fsp3) is 0.476. The number of aromatic nitrogens is 2. The number of amides is 1. The average Bonchev–Trinajstić information content (AvgIpc) is 3.45. The van der Waals surface area contributed by atoms with Crippen LogP contribution in [-0.4, -0.2) is 89.2 Å². The highest BCUT2D eigenvalue weighted by Gasteiger charge is 2.44. The largest absolute Gasteiger partial charge is 0.480 e. The van der Waals surface area contributed by atoms with Gasteiger partial charge in [-0.3, -0.25) is 9.52 Å². The van der Waals surface area contributed by atoms with Gasteiger partial charge in [-0.15, -0.1) is 5.10 Å². The van der Waals surface area contributed by atoms with Crippen molar-refractivity contribution in [2.45, 2.75) is 12.7 Å². The topological polar surface area (TPSA) is 128 Å². The molecule has 0 spiro atoms. The van der Waals surface area contributed by atoms with Gasteiger partial charge in [-0.25, -0.2) is 23.2 Å². The Labute approximate surface area is 215 Å². The first-order chi connectivity index (χ1) is 17.2. The van der Waals surface area contributed by atoms with Crippen molar-refractivity contribution in [3.63, 3.8) is 0 Å². The SMILES string of the molecule is CS(=O)(=O)Nc1ccn(C(=O)N2C[C@@H]3CN(N(CC(=O)O)Cc4cc(Cl)ccc4C(F)(F)F)C[C@@H]3C2)n1. The van der Waals surface area contributed by atoms with Crippen LogP contribution in [0.1, 0.15) is 11.1 Å². The van der Waals surface area contributed by atoms with E-state index in [-0.39, 0.29) is 34.8 Å². The minimum atomic E-state index is -4.62. The molecule has 0 saturated carbocycles. The van der Waals surface area contributed by atoms with Crippen LogP contribution in [0.3, 0.4) is 0 Å². The number of rotatable bonds is 7. The molecular weight excluding hydrogens is 541 g/mol. The number of carboxylic acid groups (broad SMARTS) is 1. The van der Waals surface area contributed by atoms with Gasteiger partial charge < -0.3 is 10.0 Å². The van der Waals surface area contributed by atoms with Crippen LogP contribution in [0.2, 0.25) is 5.02 Å². The summed E-state index contributed by atoms with van der Waals surface area (Å²) in [5.74, 6) is -1.26. The van der Waals surface area contributed by atoms with Crippen LogP contribution in [0.5, 0.6) is 0 Å². The number of benzene rings is 1. The average molecular weight is 565 g/mol. The molecule has 37 heavy (non-hydrogen) atoms. The van der Waals surface area contributed by atoms with E-state index < -0.39 is 40.3 Å². The monoisotopic (exact) mass is 564 g/mol. The standard InChI is InChI=1S/C21H24ClF3N6O5S/c1-37(35,36)27-18-4-5-31(26-18)20(34)28-7-14-10-29(11-15(14)8-28)30(12-19(32)33)9-13-6-16(22)2-3-17(13)21(23,24)25/h2-6,14-15H,7-12H2,1H3,(H,26,27)(H,32,33)/t14-,15+. The molecule has 0 unspecified atom stereocenters. The molecule has 2 N–H and O–H groups in total. The highest BCUT2D eigenvalue weighted by Crippen LogP contribution is 2.36. The summed E-state index contributed by atoms with van der Waals surface area (Å²) < 4.78 is 66.5. The lowest BCUT2D eigenvalue weighted by Crippen LogP contribution is -2.46. The van der Waals surface area contributed by atoms with Crippen LogP contribution in [0, 0.1) is 11.8 Å². The minimum Gasteiger partial charge on any atom is -0.480 e. The van der Waals surface area contributed by atoms with Crippen LogP contribution in [0.4, 0.5) is 23.8 Å². The number of carboxylic acids is 1. The highest BCUT2D eigenvalue weighted by molar-refractivity contribution is 7.92. The molecule has 4 rings (SSSR count). The van der Waals surface area contributed by atoms with Gasteiger partial charge >= 0.3 is 18.2 Å². The van der Waals surface area contributed by atoms with Gasteiger partial charge in [-0.2, -0.15) is 17.9 Å². The molecule has 2 fully saturated rings. The third-order valence-corrected chi connectivity index (χ3v) is 7.07. The number of carbonyl (C=O) groups excluding carboxylic acids is 1. The molecule has 11 nitrogen and oxygen atoms in total. The highest BCUT2D eigenvalue weighted by atomic mass is 35.5. The smallest absolute Gasteiger partial charge is 0.416 e. The minimum absolute atomic E-state index is 0.00460. The van der Waals surface area contributed by atoms with Crippen LogP contribution in [-0.2, 0) is 27.5 Å². The molecule has 0 radical (unpaired) electrons. The van der Waals surface area contributed by atoms with E-state index in [4.69, 9.17) is 11.6 Å². The predicted octanol–water partition coefficient (Wildman–Crippen LogP) is 2.26. The van der Waals surface area contributed by atoms with E-state index in [0.29, 0.717) is 26.2 Å². The Morgan fingerprint density at radius 1 is 1.19 bits per heavy atom. The maximum Gasteiger partial charge on any atom is 0.416 e. The van der Waals surface area contributed by atoms with E-state index in [1.807, 2.05) is 0 Å². The molecule has 2 aliphatic heterocycles. The third kappa shape index (κ3) is 6.52.